The minimum atomic E-state index is 0.128. The lowest BCUT2D eigenvalue weighted by Gasteiger charge is -2.08. The topological polar surface area (TPSA) is 46.9 Å². The second-order valence-corrected chi connectivity index (χ2v) is 7.16. The highest BCUT2D eigenvalue weighted by atomic mass is 16.1. The van der Waals surface area contributed by atoms with E-state index >= 15 is 0 Å². The SMILES string of the molecule is Cc1nn(CC(C)C)c(C)c1CCC(=O)NCCCc1ccccc1. The average Bonchev–Trinajstić information content (AvgIpc) is 2.84. The van der Waals surface area contributed by atoms with Crippen molar-refractivity contribution in [2.45, 2.75) is 59.9 Å². The van der Waals surface area contributed by atoms with Gasteiger partial charge in [0.1, 0.15) is 0 Å². The molecule has 25 heavy (non-hydrogen) atoms. The molecule has 136 valence electrons. The van der Waals surface area contributed by atoms with Crippen LogP contribution in [0.1, 0.15) is 49.2 Å². The zero-order valence-corrected chi connectivity index (χ0v) is 16.0. The van der Waals surface area contributed by atoms with Crippen LogP contribution in [0.15, 0.2) is 30.3 Å². The summed E-state index contributed by atoms with van der Waals surface area (Å²) in [6.45, 7) is 10.2. The van der Waals surface area contributed by atoms with Crippen molar-refractivity contribution < 1.29 is 4.79 Å². The van der Waals surface area contributed by atoms with Crippen molar-refractivity contribution in [2.75, 3.05) is 6.54 Å². The molecule has 2 aromatic rings. The van der Waals surface area contributed by atoms with Crippen molar-refractivity contribution in [1.29, 1.82) is 0 Å². The number of amides is 1. The van der Waals surface area contributed by atoms with E-state index in [0.29, 0.717) is 12.3 Å². The van der Waals surface area contributed by atoms with Gasteiger partial charge in [0.25, 0.3) is 0 Å². The Morgan fingerprint density at radius 2 is 1.88 bits per heavy atom. The van der Waals surface area contributed by atoms with Crippen molar-refractivity contribution >= 4 is 5.91 Å². The first-order valence-corrected chi connectivity index (χ1v) is 9.31. The molecule has 0 spiro atoms. The maximum Gasteiger partial charge on any atom is 0.220 e. The van der Waals surface area contributed by atoms with Crippen LogP contribution < -0.4 is 5.32 Å². The van der Waals surface area contributed by atoms with E-state index in [0.717, 1.165) is 38.0 Å². The monoisotopic (exact) mass is 341 g/mol. The van der Waals surface area contributed by atoms with Gasteiger partial charge in [-0.05, 0) is 50.2 Å². The number of aryl methyl sites for hydroxylation is 2. The average molecular weight is 341 g/mol. The summed E-state index contributed by atoms with van der Waals surface area (Å²) >= 11 is 0. The smallest absolute Gasteiger partial charge is 0.220 e. The van der Waals surface area contributed by atoms with Gasteiger partial charge < -0.3 is 5.32 Å². The summed E-state index contributed by atoms with van der Waals surface area (Å²) in [6, 6.07) is 10.4. The molecular formula is C21H31N3O. The number of carbonyl (C=O) groups excluding carboxylic acids is 1. The summed E-state index contributed by atoms with van der Waals surface area (Å²) in [4.78, 5) is 12.1. The Morgan fingerprint density at radius 1 is 1.16 bits per heavy atom. The Hall–Kier alpha value is -2.10. The predicted octanol–water partition coefficient (Wildman–Crippen LogP) is 3.84. The number of nitrogens with one attached hydrogen (secondary N) is 1. The molecule has 1 amide bonds. The molecule has 2 rings (SSSR count). The van der Waals surface area contributed by atoms with Gasteiger partial charge in [-0.1, -0.05) is 44.2 Å². The van der Waals surface area contributed by atoms with E-state index in [1.165, 1.54) is 16.8 Å². The van der Waals surface area contributed by atoms with Gasteiger partial charge in [-0.25, -0.2) is 0 Å². The fourth-order valence-electron chi connectivity index (χ4n) is 3.11. The summed E-state index contributed by atoms with van der Waals surface area (Å²) in [7, 11) is 0. The van der Waals surface area contributed by atoms with Crippen LogP contribution in [-0.4, -0.2) is 22.2 Å². The van der Waals surface area contributed by atoms with Gasteiger partial charge in [0.2, 0.25) is 5.91 Å². The van der Waals surface area contributed by atoms with E-state index in [4.69, 9.17) is 0 Å². The molecule has 0 aliphatic rings. The Balaban J connectivity index is 1.74. The van der Waals surface area contributed by atoms with Gasteiger partial charge in [0, 0.05) is 25.2 Å². The number of benzene rings is 1. The lowest BCUT2D eigenvalue weighted by atomic mass is 10.1. The Kier molecular flexibility index (Phi) is 7.23. The van der Waals surface area contributed by atoms with Crippen molar-refractivity contribution in [2.24, 2.45) is 5.92 Å². The van der Waals surface area contributed by atoms with Crippen LogP contribution in [0, 0.1) is 19.8 Å². The molecule has 1 aromatic heterocycles. The first-order valence-electron chi connectivity index (χ1n) is 9.31. The van der Waals surface area contributed by atoms with E-state index in [1.807, 2.05) is 13.0 Å². The van der Waals surface area contributed by atoms with Crippen LogP contribution >= 0.6 is 0 Å². The standard InChI is InChI=1S/C21H31N3O/c1-16(2)15-24-18(4)20(17(3)23-24)12-13-21(25)22-14-8-11-19-9-6-5-7-10-19/h5-7,9-10,16H,8,11-15H2,1-4H3,(H,22,25). The molecule has 1 N–H and O–H groups in total. The zero-order valence-electron chi connectivity index (χ0n) is 16.0. The third-order valence-electron chi connectivity index (χ3n) is 4.48. The number of nitrogens with zero attached hydrogens (tertiary/aromatic N) is 2. The number of carbonyl (C=O) groups is 1. The fraction of sp³-hybridized carbons (Fsp3) is 0.524. The second kappa shape index (κ2) is 9.40. The van der Waals surface area contributed by atoms with Gasteiger partial charge in [-0.15, -0.1) is 0 Å². The minimum Gasteiger partial charge on any atom is -0.356 e. The van der Waals surface area contributed by atoms with Crippen molar-refractivity contribution in [3.05, 3.63) is 52.8 Å². The molecule has 0 bridgehead atoms. The molecule has 0 radical (unpaired) electrons. The Bertz CT molecular complexity index is 674. The highest BCUT2D eigenvalue weighted by molar-refractivity contribution is 5.76. The van der Waals surface area contributed by atoms with Crippen molar-refractivity contribution in [3.63, 3.8) is 0 Å². The summed E-state index contributed by atoms with van der Waals surface area (Å²) in [5.41, 5.74) is 4.79. The van der Waals surface area contributed by atoms with Gasteiger partial charge in [0.15, 0.2) is 0 Å². The largest absolute Gasteiger partial charge is 0.356 e. The Morgan fingerprint density at radius 3 is 2.56 bits per heavy atom. The van der Waals surface area contributed by atoms with Gasteiger partial charge in [-0.2, -0.15) is 5.10 Å². The van der Waals surface area contributed by atoms with Gasteiger partial charge >= 0.3 is 0 Å². The van der Waals surface area contributed by atoms with Crippen LogP contribution in [0.2, 0.25) is 0 Å². The molecule has 0 unspecified atom stereocenters. The highest BCUT2D eigenvalue weighted by Crippen LogP contribution is 2.16. The lowest BCUT2D eigenvalue weighted by Crippen LogP contribution is -2.25. The molecule has 0 saturated heterocycles. The molecule has 0 aliphatic carbocycles. The molecular weight excluding hydrogens is 310 g/mol. The van der Waals surface area contributed by atoms with E-state index in [9.17, 15) is 4.79 Å². The van der Waals surface area contributed by atoms with E-state index in [1.54, 1.807) is 0 Å². The first kappa shape index (κ1) is 19.2. The lowest BCUT2D eigenvalue weighted by molar-refractivity contribution is -0.121. The molecule has 0 saturated carbocycles. The minimum absolute atomic E-state index is 0.128. The molecule has 4 heteroatoms. The van der Waals surface area contributed by atoms with E-state index in [2.05, 4.69) is 60.1 Å². The maximum atomic E-state index is 12.1. The number of aromatic nitrogens is 2. The second-order valence-electron chi connectivity index (χ2n) is 7.16. The fourth-order valence-corrected chi connectivity index (χ4v) is 3.11. The zero-order chi connectivity index (χ0) is 18.2. The van der Waals surface area contributed by atoms with Crippen LogP contribution in [0.3, 0.4) is 0 Å². The van der Waals surface area contributed by atoms with Crippen LogP contribution in [0.5, 0.6) is 0 Å². The molecule has 1 heterocycles. The number of hydrogen-bond donors (Lipinski definition) is 1. The molecule has 4 nitrogen and oxygen atoms in total. The van der Waals surface area contributed by atoms with Crippen molar-refractivity contribution in [3.8, 4) is 0 Å². The van der Waals surface area contributed by atoms with Gasteiger partial charge in [-0.3, -0.25) is 9.48 Å². The molecule has 1 aromatic carbocycles. The summed E-state index contributed by atoms with van der Waals surface area (Å²) < 4.78 is 2.08. The van der Waals surface area contributed by atoms with Crippen LogP contribution in [-0.2, 0) is 24.2 Å². The van der Waals surface area contributed by atoms with E-state index < -0.39 is 0 Å². The normalized spacial score (nSPS) is 11.1. The Labute approximate surface area is 151 Å². The first-order chi connectivity index (χ1) is 12.0. The third kappa shape index (κ3) is 6.04. The quantitative estimate of drug-likeness (QED) is 0.705. The summed E-state index contributed by atoms with van der Waals surface area (Å²) in [5.74, 6) is 0.697. The number of hydrogen-bond acceptors (Lipinski definition) is 2. The molecule has 0 aliphatic heterocycles. The van der Waals surface area contributed by atoms with Gasteiger partial charge in [0.05, 0.1) is 5.69 Å². The molecule has 0 fully saturated rings. The third-order valence-corrected chi connectivity index (χ3v) is 4.48. The number of rotatable bonds is 9. The summed E-state index contributed by atoms with van der Waals surface area (Å²) in [5, 5.41) is 7.66. The van der Waals surface area contributed by atoms with Crippen molar-refractivity contribution in [1.82, 2.24) is 15.1 Å². The van der Waals surface area contributed by atoms with Crippen LogP contribution in [0.4, 0.5) is 0 Å². The van der Waals surface area contributed by atoms with E-state index in [-0.39, 0.29) is 5.91 Å². The maximum absolute atomic E-state index is 12.1. The molecule has 0 atom stereocenters. The van der Waals surface area contributed by atoms with Crippen LogP contribution in [0.25, 0.3) is 0 Å². The summed E-state index contributed by atoms with van der Waals surface area (Å²) in [6.07, 6.45) is 3.27. The predicted molar refractivity (Wildman–Crippen MR) is 103 cm³/mol. The highest BCUT2D eigenvalue weighted by Gasteiger charge is 2.13.